The molecule has 3 aromatic rings. The van der Waals surface area contributed by atoms with Gasteiger partial charge < -0.3 is 11.1 Å². The zero-order valence-electron chi connectivity index (χ0n) is 11.7. The molecule has 0 bridgehead atoms. The normalized spacial score (nSPS) is 12.8. The molecule has 0 amide bonds. The topological polar surface area (TPSA) is 50.9 Å². The van der Waals surface area contributed by atoms with Crippen LogP contribution in [0.1, 0.15) is 28.3 Å². The lowest BCUT2D eigenvalue weighted by Crippen LogP contribution is -2.08. The van der Waals surface area contributed by atoms with E-state index in [2.05, 4.69) is 43.2 Å². The Morgan fingerprint density at radius 2 is 2.10 bits per heavy atom. The van der Waals surface area contributed by atoms with Crippen LogP contribution in [0, 0.1) is 13.8 Å². The number of benzene rings is 1. The van der Waals surface area contributed by atoms with Crippen LogP contribution in [0.5, 0.6) is 0 Å². The van der Waals surface area contributed by atoms with Crippen molar-refractivity contribution >= 4 is 44.3 Å². The lowest BCUT2D eigenvalue weighted by atomic mass is 10.1. The number of nitrogens with zero attached hydrogens (tertiary/aromatic N) is 1. The van der Waals surface area contributed by atoms with Crippen LogP contribution in [0.4, 0.5) is 11.4 Å². The second-order valence-electron chi connectivity index (χ2n) is 4.96. The molecular formula is C15H17N3S2. The summed E-state index contributed by atoms with van der Waals surface area (Å²) in [5, 5.41) is 3.51. The molecule has 0 aliphatic rings. The maximum Gasteiger partial charge on any atom is 0.106 e. The molecule has 5 heteroatoms. The molecule has 3 rings (SSSR count). The number of aryl methyl sites for hydroxylation is 2. The van der Waals surface area contributed by atoms with Crippen LogP contribution in [0.25, 0.3) is 10.2 Å². The molecule has 2 aromatic heterocycles. The summed E-state index contributed by atoms with van der Waals surface area (Å²) in [4.78, 5) is 7.04. The molecule has 0 spiro atoms. The molecule has 2 heterocycles. The van der Waals surface area contributed by atoms with Gasteiger partial charge in [0.15, 0.2) is 0 Å². The van der Waals surface area contributed by atoms with Gasteiger partial charge >= 0.3 is 0 Å². The minimum atomic E-state index is 0.235. The van der Waals surface area contributed by atoms with Crippen molar-refractivity contribution in [3.63, 3.8) is 0 Å². The van der Waals surface area contributed by atoms with Crippen molar-refractivity contribution in [2.45, 2.75) is 26.8 Å². The fourth-order valence-corrected chi connectivity index (χ4v) is 4.18. The summed E-state index contributed by atoms with van der Waals surface area (Å²) >= 11 is 3.45. The molecule has 0 saturated heterocycles. The highest BCUT2D eigenvalue weighted by molar-refractivity contribution is 7.16. The molecule has 0 fully saturated rings. The number of nitrogens with one attached hydrogen (secondary N) is 1. The van der Waals surface area contributed by atoms with Gasteiger partial charge in [0.2, 0.25) is 0 Å². The van der Waals surface area contributed by atoms with E-state index in [0.29, 0.717) is 0 Å². The molecule has 0 aliphatic heterocycles. The van der Waals surface area contributed by atoms with Gasteiger partial charge in [0, 0.05) is 15.8 Å². The van der Waals surface area contributed by atoms with E-state index in [9.17, 15) is 0 Å². The summed E-state index contributed by atoms with van der Waals surface area (Å²) in [6.45, 7) is 6.47. The first-order valence-corrected chi connectivity index (χ1v) is 8.21. The van der Waals surface area contributed by atoms with Crippen LogP contribution < -0.4 is 11.1 Å². The molecule has 1 atom stereocenters. The molecule has 104 valence electrons. The minimum absolute atomic E-state index is 0.235. The van der Waals surface area contributed by atoms with Crippen LogP contribution in [0.3, 0.4) is 0 Å². The van der Waals surface area contributed by atoms with Crippen LogP contribution in [-0.4, -0.2) is 4.98 Å². The number of nitrogen functional groups attached to an aromatic ring is 1. The van der Waals surface area contributed by atoms with E-state index in [4.69, 9.17) is 5.73 Å². The van der Waals surface area contributed by atoms with Crippen molar-refractivity contribution in [2.75, 3.05) is 11.1 Å². The van der Waals surface area contributed by atoms with Gasteiger partial charge in [0.1, 0.15) is 5.52 Å². The Morgan fingerprint density at radius 3 is 2.80 bits per heavy atom. The molecule has 20 heavy (non-hydrogen) atoms. The summed E-state index contributed by atoms with van der Waals surface area (Å²) in [5.74, 6) is 0. The standard InChI is InChI=1S/C15H17N3S2/c1-8-6-11(10(3)20-8)9(2)18-12-4-5-13-15(14(12)16)17-7-19-13/h4-7,9,18H,16H2,1-3H3. The fourth-order valence-electron chi connectivity index (χ4n) is 2.47. The smallest absolute Gasteiger partial charge is 0.106 e. The van der Waals surface area contributed by atoms with Crippen LogP contribution in [0.2, 0.25) is 0 Å². The predicted molar refractivity (Wildman–Crippen MR) is 89.9 cm³/mol. The summed E-state index contributed by atoms with van der Waals surface area (Å²) < 4.78 is 1.13. The molecule has 3 nitrogen and oxygen atoms in total. The minimum Gasteiger partial charge on any atom is -0.395 e. The average molecular weight is 303 g/mol. The number of aromatic nitrogens is 1. The Kier molecular flexibility index (Phi) is 3.40. The summed E-state index contributed by atoms with van der Waals surface area (Å²) in [5.41, 5.74) is 12.0. The van der Waals surface area contributed by atoms with Crippen LogP contribution >= 0.6 is 22.7 Å². The lowest BCUT2D eigenvalue weighted by molar-refractivity contribution is 0.883. The Hall–Kier alpha value is -1.59. The number of fused-ring (bicyclic) bond motifs is 1. The first-order chi connectivity index (χ1) is 9.56. The maximum absolute atomic E-state index is 6.22. The van der Waals surface area contributed by atoms with Crippen molar-refractivity contribution < 1.29 is 0 Å². The number of hydrogen-bond donors (Lipinski definition) is 2. The SMILES string of the molecule is Cc1cc(C(C)Nc2ccc3scnc3c2N)c(C)s1. The Balaban J connectivity index is 1.92. The molecular weight excluding hydrogens is 286 g/mol. The van der Waals surface area contributed by atoms with Crippen LogP contribution in [-0.2, 0) is 0 Å². The number of thiophene rings is 1. The number of nitrogens with two attached hydrogens (primary N) is 1. The van der Waals surface area contributed by atoms with Gasteiger partial charge in [-0.2, -0.15) is 0 Å². The van der Waals surface area contributed by atoms with Crippen molar-refractivity contribution in [1.82, 2.24) is 4.98 Å². The number of anilines is 2. The van der Waals surface area contributed by atoms with Gasteiger partial charge in [-0.3, -0.25) is 0 Å². The van der Waals surface area contributed by atoms with Gasteiger partial charge in [-0.1, -0.05) is 0 Å². The third-order valence-electron chi connectivity index (χ3n) is 3.46. The van der Waals surface area contributed by atoms with E-state index >= 15 is 0 Å². The highest BCUT2D eigenvalue weighted by atomic mass is 32.1. The second kappa shape index (κ2) is 5.07. The van der Waals surface area contributed by atoms with E-state index in [1.165, 1.54) is 15.3 Å². The number of thiazole rings is 1. The van der Waals surface area contributed by atoms with Gasteiger partial charge in [-0.05, 0) is 44.5 Å². The van der Waals surface area contributed by atoms with E-state index in [0.717, 1.165) is 21.6 Å². The number of hydrogen-bond acceptors (Lipinski definition) is 5. The van der Waals surface area contributed by atoms with Gasteiger partial charge in [0.25, 0.3) is 0 Å². The van der Waals surface area contributed by atoms with Crippen molar-refractivity contribution in [3.05, 3.63) is 39.0 Å². The third kappa shape index (κ3) is 2.27. The molecule has 0 aliphatic carbocycles. The highest BCUT2D eigenvalue weighted by Gasteiger charge is 2.14. The highest BCUT2D eigenvalue weighted by Crippen LogP contribution is 2.34. The first-order valence-electron chi connectivity index (χ1n) is 6.51. The van der Waals surface area contributed by atoms with Crippen LogP contribution in [0.15, 0.2) is 23.7 Å². The summed E-state index contributed by atoms with van der Waals surface area (Å²) in [7, 11) is 0. The Labute approximate surface area is 126 Å². The average Bonchev–Trinajstić information content (AvgIpc) is 2.99. The Bertz CT molecular complexity index is 758. The molecule has 1 unspecified atom stereocenters. The summed E-state index contributed by atoms with van der Waals surface area (Å²) in [6.07, 6.45) is 0. The van der Waals surface area contributed by atoms with E-state index < -0.39 is 0 Å². The van der Waals surface area contributed by atoms with E-state index in [1.54, 1.807) is 11.3 Å². The first kappa shape index (κ1) is 13.4. The maximum atomic E-state index is 6.22. The zero-order valence-corrected chi connectivity index (χ0v) is 13.4. The molecule has 3 N–H and O–H groups in total. The van der Waals surface area contributed by atoms with Gasteiger partial charge in [0.05, 0.1) is 21.6 Å². The lowest BCUT2D eigenvalue weighted by Gasteiger charge is -2.17. The Morgan fingerprint density at radius 1 is 1.30 bits per heavy atom. The molecule has 0 saturated carbocycles. The summed E-state index contributed by atoms with van der Waals surface area (Å²) in [6, 6.07) is 6.60. The largest absolute Gasteiger partial charge is 0.395 e. The van der Waals surface area contributed by atoms with E-state index in [-0.39, 0.29) is 6.04 Å². The fraction of sp³-hybridized carbons (Fsp3) is 0.267. The molecule has 0 radical (unpaired) electrons. The quantitative estimate of drug-likeness (QED) is 0.688. The zero-order chi connectivity index (χ0) is 14.3. The van der Waals surface area contributed by atoms with Gasteiger partial charge in [-0.15, -0.1) is 22.7 Å². The van der Waals surface area contributed by atoms with Crippen molar-refractivity contribution in [2.24, 2.45) is 0 Å². The predicted octanol–water partition coefficient (Wildman–Crippen LogP) is 4.73. The third-order valence-corrected chi connectivity index (χ3v) is 5.24. The van der Waals surface area contributed by atoms with E-state index in [1.807, 2.05) is 22.9 Å². The molecule has 1 aromatic carbocycles. The monoisotopic (exact) mass is 303 g/mol. The van der Waals surface area contributed by atoms with Crippen molar-refractivity contribution in [3.8, 4) is 0 Å². The van der Waals surface area contributed by atoms with Gasteiger partial charge in [-0.25, -0.2) is 4.98 Å². The second-order valence-corrected chi connectivity index (χ2v) is 7.31. The van der Waals surface area contributed by atoms with Crippen molar-refractivity contribution in [1.29, 1.82) is 0 Å². The number of rotatable bonds is 3.